The normalized spacial score (nSPS) is 11.8. The summed E-state index contributed by atoms with van der Waals surface area (Å²) in [5.41, 5.74) is 9.30. The second-order valence-electron chi connectivity index (χ2n) is 9.01. The van der Waals surface area contributed by atoms with E-state index in [1.807, 2.05) is 50.2 Å². The first kappa shape index (κ1) is 25.2. The van der Waals surface area contributed by atoms with Crippen LogP contribution in [0.5, 0.6) is 0 Å². The van der Waals surface area contributed by atoms with Crippen LogP contribution in [0.1, 0.15) is 28.1 Å². The van der Waals surface area contributed by atoms with Crippen molar-refractivity contribution >= 4 is 38.6 Å². The van der Waals surface area contributed by atoms with E-state index in [-0.39, 0.29) is 6.54 Å². The van der Waals surface area contributed by atoms with Gasteiger partial charge in [-0.15, -0.1) is 0 Å². The Labute approximate surface area is 212 Å². The monoisotopic (exact) mass is 502 g/mol. The molecule has 1 aromatic heterocycles. The predicted molar refractivity (Wildman–Crippen MR) is 147 cm³/mol. The Hall–Kier alpha value is -3.91. The summed E-state index contributed by atoms with van der Waals surface area (Å²) in [5, 5.41) is 5.76. The summed E-state index contributed by atoms with van der Waals surface area (Å²) in [6, 6.07) is 21.2. The third kappa shape index (κ3) is 5.18. The Morgan fingerprint density at radius 1 is 1.00 bits per heavy atom. The maximum atomic E-state index is 12.7. The van der Waals surface area contributed by atoms with E-state index in [2.05, 4.69) is 47.1 Å². The summed E-state index contributed by atoms with van der Waals surface area (Å²) in [6.45, 7) is 7.79. The highest BCUT2D eigenvalue weighted by molar-refractivity contribution is 7.92. The number of aryl methyl sites for hydroxylation is 3. The van der Waals surface area contributed by atoms with Crippen molar-refractivity contribution in [2.45, 2.75) is 27.7 Å². The van der Waals surface area contributed by atoms with Gasteiger partial charge in [0.05, 0.1) is 18.2 Å². The molecule has 186 valence electrons. The molecule has 0 saturated carbocycles. The van der Waals surface area contributed by atoms with Gasteiger partial charge >= 0.3 is 0 Å². The zero-order valence-corrected chi connectivity index (χ0v) is 21.9. The fourth-order valence-electron chi connectivity index (χ4n) is 4.49. The lowest BCUT2D eigenvalue weighted by Crippen LogP contribution is -2.39. The van der Waals surface area contributed by atoms with Crippen molar-refractivity contribution in [3.8, 4) is 5.69 Å². The molecule has 1 amide bonds. The van der Waals surface area contributed by atoms with E-state index in [9.17, 15) is 13.2 Å². The Morgan fingerprint density at radius 2 is 1.72 bits per heavy atom. The largest absolute Gasteiger partial charge is 0.318 e. The van der Waals surface area contributed by atoms with Gasteiger partial charge in [0.25, 0.3) is 5.91 Å². The van der Waals surface area contributed by atoms with Gasteiger partial charge < -0.3 is 4.57 Å². The molecule has 0 unspecified atom stereocenters. The van der Waals surface area contributed by atoms with Crippen LogP contribution >= 0.6 is 0 Å². The minimum atomic E-state index is -3.71. The number of fused-ring (bicyclic) bond motifs is 1. The zero-order valence-electron chi connectivity index (χ0n) is 21.1. The zero-order chi connectivity index (χ0) is 26.0. The average molecular weight is 503 g/mol. The van der Waals surface area contributed by atoms with Gasteiger partial charge in [0.15, 0.2) is 0 Å². The Bertz CT molecular complexity index is 1580. The SMILES string of the molecule is Cc1ccc(-n2c(C)cc(/C=N/NC(=O)CN(c3cccc4ccccc34)S(C)(=O)=O)c2C)c(C)c1. The molecule has 0 aliphatic carbocycles. The first-order valence-electron chi connectivity index (χ1n) is 11.6. The van der Waals surface area contributed by atoms with Gasteiger partial charge in [-0.05, 0) is 56.8 Å². The number of anilines is 1. The van der Waals surface area contributed by atoms with Crippen LogP contribution in [0.4, 0.5) is 5.69 Å². The summed E-state index contributed by atoms with van der Waals surface area (Å²) < 4.78 is 28.4. The van der Waals surface area contributed by atoms with Crippen molar-refractivity contribution in [2.24, 2.45) is 5.10 Å². The Morgan fingerprint density at radius 3 is 2.44 bits per heavy atom. The molecule has 36 heavy (non-hydrogen) atoms. The van der Waals surface area contributed by atoms with Crippen molar-refractivity contribution in [2.75, 3.05) is 17.1 Å². The Kier molecular flexibility index (Phi) is 6.99. The van der Waals surface area contributed by atoms with Gasteiger partial charge in [0.1, 0.15) is 6.54 Å². The van der Waals surface area contributed by atoms with E-state index in [0.29, 0.717) is 5.69 Å². The van der Waals surface area contributed by atoms with Crippen LogP contribution in [-0.4, -0.2) is 37.9 Å². The number of hydrazone groups is 1. The Balaban J connectivity index is 1.54. The van der Waals surface area contributed by atoms with E-state index in [4.69, 9.17) is 0 Å². The maximum Gasteiger partial charge on any atom is 0.260 e. The molecule has 0 radical (unpaired) electrons. The predicted octanol–water partition coefficient (Wildman–Crippen LogP) is 4.78. The van der Waals surface area contributed by atoms with Crippen LogP contribution in [0.3, 0.4) is 0 Å². The highest BCUT2D eigenvalue weighted by Gasteiger charge is 2.22. The number of amides is 1. The summed E-state index contributed by atoms with van der Waals surface area (Å²) >= 11 is 0. The van der Waals surface area contributed by atoms with Crippen LogP contribution in [0.25, 0.3) is 16.5 Å². The number of nitrogens with zero attached hydrogens (tertiary/aromatic N) is 3. The number of carbonyl (C=O) groups is 1. The van der Waals surface area contributed by atoms with Crippen molar-refractivity contribution < 1.29 is 13.2 Å². The molecule has 0 spiro atoms. The van der Waals surface area contributed by atoms with Crippen LogP contribution in [0, 0.1) is 27.7 Å². The van der Waals surface area contributed by atoms with E-state index in [1.54, 1.807) is 18.3 Å². The molecular formula is C28H30N4O3S. The number of benzene rings is 3. The number of carbonyl (C=O) groups excluding carboxylic acids is 1. The van der Waals surface area contributed by atoms with Crippen molar-refractivity contribution in [1.82, 2.24) is 9.99 Å². The lowest BCUT2D eigenvalue weighted by atomic mass is 10.1. The van der Waals surface area contributed by atoms with E-state index in [0.717, 1.165) is 44.0 Å². The molecule has 4 aromatic rings. The molecule has 0 saturated heterocycles. The maximum absolute atomic E-state index is 12.7. The fourth-order valence-corrected chi connectivity index (χ4v) is 5.36. The molecule has 1 heterocycles. The first-order valence-corrected chi connectivity index (χ1v) is 13.4. The quantitative estimate of drug-likeness (QED) is 0.292. The number of rotatable bonds is 7. The van der Waals surface area contributed by atoms with Crippen molar-refractivity contribution in [3.63, 3.8) is 0 Å². The van der Waals surface area contributed by atoms with Crippen molar-refractivity contribution in [1.29, 1.82) is 0 Å². The van der Waals surface area contributed by atoms with E-state index in [1.165, 1.54) is 11.1 Å². The second-order valence-corrected chi connectivity index (χ2v) is 10.9. The van der Waals surface area contributed by atoms with Gasteiger partial charge in [-0.1, -0.05) is 54.1 Å². The molecule has 3 aromatic carbocycles. The summed E-state index contributed by atoms with van der Waals surface area (Å²) in [6.07, 6.45) is 2.68. The van der Waals surface area contributed by atoms with Gasteiger partial charge in [-0.25, -0.2) is 13.8 Å². The molecule has 8 heteroatoms. The minimum Gasteiger partial charge on any atom is -0.318 e. The standard InChI is InChI=1S/C28H30N4O3S/c1-19-13-14-26(20(2)15-19)32-21(3)16-24(22(32)4)17-29-30-28(33)18-31(36(5,34)35)27-12-8-10-23-9-6-7-11-25(23)27/h6-17H,18H2,1-5H3,(H,30,33)/b29-17+. The topological polar surface area (TPSA) is 83.8 Å². The fraction of sp³-hybridized carbons (Fsp3) is 0.214. The first-order chi connectivity index (χ1) is 17.1. The highest BCUT2D eigenvalue weighted by atomic mass is 32.2. The molecule has 0 bridgehead atoms. The molecule has 7 nitrogen and oxygen atoms in total. The smallest absolute Gasteiger partial charge is 0.260 e. The second kappa shape index (κ2) is 9.99. The third-order valence-corrected chi connectivity index (χ3v) is 7.31. The molecular weight excluding hydrogens is 472 g/mol. The lowest BCUT2D eigenvalue weighted by molar-refractivity contribution is -0.119. The summed E-state index contributed by atoms with van der Waals surface area (Å²) in [7, 11) is -3.71. The molecule has 0 fully saturated rings. The van der Waals surface area contributed by atoms with Crippen LogP contribution in [-0.2, 0) is 14.8 Å². The van der Waals surface area contributed by atoms with Crippen molar-refractivity contribution in [3.05, 3.63) is 94.8 Å². The van der Waals surface area contributed by atoms with Gasteiger partial charge in [0, 0.05) is 28.0 Å². The van der Waals surface area contributed by atoms with Crippen LogP contribution in [0.2, 0.25) is 0 Å². The van der Waals surface area contributed by atoms with Gasteiger partial charge in [-0.2, -0.15) is 5.10 Å². The van der Waals surface area contributed by atoms with Crippen LogP contribution < -0.4 is 9.73 Å². The molecule has 0 aliphatic rings. The number of sulfonamides is 1. The molecule has 4 rings (SSSR count). The highest BCUT2D eigenvalue weighted by Crippen LogP contribution is 2.28. The average Bonchev–Trinajstić information content (AvgIpc) is 3.09. The van der Waals surface area contributed by atoms with E-state index < -0.39 is 15.9 Å². The number of hydrogen-bond acceptors (Lipinski definition) is 4. The van der Waals surface area contributed by atoms with Gasteiger partial charge in [-0.3, -0.25) is 9.10 Å². The number of hydrogen-bond donors (Lipinski definition) is 1. The minimum absolute atomic E-state index is 0.383. The van der Waals surface area contributed by atoms with E-state index >= 15 is 0 Å². The summed E-state index contributed by atoms with van der Waals surface area (Å²) in [5.74, 6) is -0.534. The molecule has 1 N–H and O–H groups in total. The third-order valence-electron chi connectivity index (χ3n) is 6.18. The number of nitrogens with one attached hydrogen (secondary N) is 1. The number of aromatic nitrogens is 1. The van der Waals surface area contributed by atoms with Gasteiger partial charge in [0.2, 0.25) is 10.0 Å². The lowest BCUT2D eigenvalue weighted by Gasteiger charge is -2.23. The van der Waals surface area contributed by atoms with Crippen LogP contribution in [0.15, 0.2) is 71.8 Å². The molecule has 0 atom stereocenters. The summed E-state index contributed by atoms with van der Waals surface area (Å²) in [4.78, 5) is 12.7. The molecule has 0 aliphatic heterocycles.